The average molecular weight is 673 g/mol. The van der Waals surface area contributed by atoms with Gasteiger partial charge in [0.05, 0.1) is 0 Å². The smallest absolute Gasteiger partial charge is 0.162 e. The van der Waals surface area contributed by atoms with E-state index in [9.17, 15) is 0 Å². The molecule has 0 amide bonds. The van der Waals surface area contributed by atoms with E-state index in [1.54, 1.807) is 0 Å². The normalized spacial score (nSPS) is 15.3. The lowest BCUT2D eigenvalue weighted by Gasteiger charge is -2.21. The Morgan fingerprint density at radius 2 is 0.647 bits per heavy atom. The summed E-state index contributed by atoms with van der Waals surface area (Å²) in [5.74, 6) is 4.67. The molecule has 0 N–H and O–H groups in total. The van der Waals surface area contributed by atoms with Gasteiger partial charge in [-0.15, -0.1) is 0 Å². The highest BCUT2D eigenvalue weighted by Gasteiger charge is 2.26. The van der Waals surface area contributed by atoms with Crippen LogP contribution in [0.5, 0.6) is 34.5 Å². The molecule has 0 saturated heterocycles. The zero-order valence-electron chi connectivity index (χ0n) is 28.2. The maximum Gasteiger partial charge on any atom is 0.162 e. The second kappa shape index (κ2) is 12.5. The highest BCUT2D eigenvalue weighted by molar-refractivity contribution is 5.59. The first-order valence-corrected chi connectivity index (χ1v) is 17.6. The Labute approximate surface area is 297 Å². The third kappa shape index (κ3) is 6.01. The molecule has 10 rings (SSSR count). The average Bonchev–Trinajstić information content (AvgIpc) is 3.22. The molecule has 0 aromatic heterocycles. The highest BCUT2D eigenvalue weighted by Crippen LogP contribution is 2.43. The molecule has 3 aliphatic heterocycles. The Balaban J connectivity index is 1.24. The summed E-state index contributed by atoms with van der Waals surface area (Å²) in [6.45, 7) is 2.57. The molecular weight excluding hydrogens is 636 g/mol. The van der Waals surface area contributed by atoms with Gasteiger partial charge in [0.1, 0.15) is 62.6 Å². The van der Waals surface area contributed by atoms with Gasteiger partial charge in [0.15, 0.2) is 11.5 Å². The van der Waals surface area contributed by atoms with E-state index in [0.29, 0.717) is 58.9 Å². The van der Waals surface area contributed by atoms with Gasteiger partial charge in [0.2, 0.25) is 0 Å². The molecule has 0 spiro atoms. The molecule has 252 valence electrons. The minimum absolute atomic E-state index is 0.416. The predicted molar refractivity (Wildman–Crippen MR) is 193 cm³/mol. The summed E-state index contributed by atoms with van der Waals surface area (Å²) < 4.78 is 39.9. The first-order valence-electron chi connectivity index (χ1n) is 17.6. The largest absolute Gasteiger partial charge is 0.489 e. The van der Waals surface area contributed by atoms with Crippen molar-refractivity contribution in [2.75, 3.05) is 0 Å². The lowest BCUT2D eigenvalue weighted by Crippen LogP contribution is -2.08. The van der Waals surface area contributed by atoms with Crippen LogP contribution >= 0.6 is 0 Å². The van der Waals surface area contributed by atoms with E-state index in [-0.39, 0.29) is 0 Å². The lowest BCUT2D eigenvalue weighted by molar-refractivity contribution is 0.255. The molecule has 16 bridgehead atoms. The van der Waals surface area contributed by atoms with Crippen molar-refractivity contribution in [3.05, 3.63) is 176 Å². The maximum atomic E-state index is 6.77. The van der Waals surface area contributed by atoms with Gasteiger partial charge in [0, 0.05) is 36.1 Å². The van der Waals surface area contributed by atoms with Gasteiger partial charge < -0.3 is 28.4 Å². The fourth-order valence-electron chi connectivity index (χ4n) is 7.68. The van der Waals surface area contributed by atoms with Crippen molar-refractivity contribution in [3.63, 3.8) is 0 Å². The Morgan fingerprint density at radius 1 is 0.294 bits per heavy atom. The Bertz CT molecular complexity index is 2170. The van der Waals surface area contributed by atoms with Gasteiger partial charge in [-0.05, 0) is 105 Å². The van der Waals surface area contributed by atoms with E-state index in [0.717, 1.165) is 101 Å². The van der Waals surface area contributed by atoms with Crippen LogP contribution in [0.25, 0.3) is 0 Å². The van der Waals surface area contributed by atoms with Crippen molar-refractivity contribution in [2.24, 2.45) is 0 Å². The zero-order valence-corrected chi connectivity index (χ0v) is 28.2. The monoisotopic (exact) mass is 672 g/mol. The highest BCUT2D eigenvalue weighted by atomic mass is 16.5. The number of hydrogen-bond acceptors (Lipinski definition) is 6. The van der Waals surface area contributed by atoms with Gasteiger partial charge in [0.25, 0.3) is 0 Å². The number of ether oxygens (including phenoxy) is 6. The van der Waals surface area contributed by atoms with Crippen LogP contribution in [-0.2, 0) is 58.9 Å². The molecule has 6 aromatic rings. The van der Waals surface area contributed by atoms with E-state index in [1.807, 2.05) is 0 Å². The summed E-state index contributed by atoms with van der Waals surface area (Å²) in [6, 6.07) is 38.1. The van der Waals surface area contributed by atoms with E-state index < -0.39 is 0 Å². The molecule has 6 heteroatoms. The fraction of sp³-hybridized carbons (Fsp3) is 0.200. The van der Waals surface area contributed by atoms with Gasteiger partial charge in [-0.1, -0.05) is 54.6 Å². The van der Waals surface area contributed by atoms with Crippen molar-refractivity contribution in [3.8, 4) is 34.5 Å². The van der Waals surface area contributed by atoms with Crippen molar-refractivity contribution in [1.29, 1.82) is 0 Å². The summed E-state index contributed by atoms with van der Waals surface area (Å²) in [7, 11) is 0. The molecule has 4 aliphatic rings. The molecule has 6 nitrogen and oxygen atoms in total. The van der Waals surface area contributed by atoms with E-state index in [4.69, 9.17) is 28.4 Å². The molecule has 0 unspecified atom stereocenters. The third-order valence-electron chi connectivity index (χ3n) is 10.3. The van der Waals surface area contributed by atoms with Crippen molar-refractivity contribution in [1.82, 2.24) is 0 Å². The van der Waals surface area contributed by atoms with Gasteiger partial charge in [-0.25, -0.2) is 0 Å². The Kier molecular flexibility index (Phi) is 7.33. The molecule has 0 radical (unpaired) electrons. The van der Waals surface area contributed by atoms with E-state index >= 15 is 0 Å². The minimum Gasteiger partial charge on any atom is -0.489 e. The fourth-order valence-corrected chi connectivity index (χ4v) is 7.68. The molecule has 1 aliphatic carbocycles. The molecular formula is C45H36O6. The van der Waals surface area contributed by atoms with Gasteiger partial charge in [-0.2, -0.15) is 0 Å². The van der Waals surface area contributed by atoms with Crippen LogP contribution in [0.15, 0.2) is 109 Å². The second-order valence-electron chi connectivity index (χ2n) is 13.9. The minimum atomic E-state index is 0.416. The van der Waals surface area contributed by atoms with Crippen LogP contribution in [0.2, 0.25) is 0 Å². The van der Waals surface area contributed by atoms with Crippen LogP contribution in [0, 0.1) is 0 Å². The Morgan fingerprint density at radius 3 is 1.04 bits per heavy atom. The summed E-state index contributed by atoms with van der Waals surface area (Å²) in [5.41, 5.74) is 13.3. The number of benzene rings is 6. The van der Waals surface area contributed by atoms with E-state index in [2.05, 4.69) is 109 Å². The summed E-state index contributed by atoms with van der Waals surface area (Å²) >= 11 is 0. The number of fused-ring (bicyclic) bond motifs is 11. The van der Waals surface area contributed by atoms with E-state index in [1.165, 1.54) is 0 Å². The molecule has 0 fully saturated rings. The van der Waals surface area contributed by atoms with Crippen LogP contribution in [0.3, 0.4) is 0 Å². The summed E-state index contributed by atoms with van der Waals surface area (Å²) in [6.07, 6.45) is 1.97. The second-order valence-corrected chi connectivity index (χ2v) is 13.9. The molecule has 3 heterocycles. The standard InChI is InChI=1S/C45H36O6/c1-4-28-10-29(5-1)23-47-39-15-37-13-36-14-38(46-22-28)20-42-40(36)16-34-18-44(50-26-32-8-2-6-30(11-32)24-48-42)45-19-35(34)17-41(37)43(21-39)49-25-31-7-3-9-33(12-31)27-51-45/h1-12,14-15,18-21H,13,16-17,22-27H2. The van der Waals surface area contributed by atoms with Gasteiger partial charge >= 0.3 is 0 Å². The van der Waals surface area contributed by atoms with Crippen molar-refractivity contribution >= 4 is 0 Å². The number of hydrogen-bond donors (Lipinski definition) is 0. The van der Waals surface area contributed by atoms with Crippen LogP contribution in [0.4, 0.5) is 0 Å². The van der Waals surface area contributed by atoms with Crippen LogP contribution < -0.4 is 28.4 Å². The topological polar surface area (TPSA) is 55.4 Å². The SMILES string of the molecule is c1cc2cc(c1)COc1cc3c4c(c1)OCc1cccc(c1)COc1cc(c5cc1OCc1cccc(c1)COc1cc(cc(c1C5)C3)OC2)C4. The third-order valence-corrected chi connectivity index (χ3v) is 10.3. The van der Waals surface area contributed by atoms with Crippen LogP contribution in [0.1, 0.15) is 66.8 Å². The summed E-state index contributed by atoms with van der Waals surface area (Å²) in [4.78, 5) is 0. The van der Waals surface area contributed by atoms with Crippen molar-refractivity contribution < 1.29 is 28.4 Å². The molecule has 6 aromatic carbocycles. The maximum absolute atomic E-state index is 6.77. The van der Waals surface area contributed by atoms with Gasteiger partial charge in [-0.3, -0.25) is 0 Å². The first-order chi connectivity index (χ1) is 25.1. The summed E-state index contributed by atoms with van der Waals surface area (Å²) in [5, 5.41) is 0. The quantitative estimate of drug-likeness (QED) is 0.160. The zero-order chi connectivity index (χ0) is 33.7. The number of rotatable bonds is 0. The van der Waals surface area contributed by atoms with Crippen LogP contribution in [-0.4, -0.2) is 0 Å². The lowest BCUT2D eigenvalue weighted by atomic mass is 9.93. The molecule has 51 heavy (non-hydrogen) atoms. The predicted octanol–water partition coefficient (Wildman–Crippen LogP) is 9.19. The first kappa shape index (κ1) is 30.0. The molecule has 0 saturated carbocycles. The van der Waals surface area contributed by atoms with Crippen molar-refractivity contribution in [2.45, 2.75) is 58.9 Å². The molecule has 0 atom stereocenters. The Hall–Kier alpha value is -5.88.